The van der Waals surface area contributed by atoms with E-state index >= 15 is 0 Å². The molecule has 0 aliphatic carbocycles. The predicted octanol–water partition coefficient (Wildman–Crippen LogP) is 7.54. The van der Waals surface area contributed by atoms with Crippen LogP contribution in [0.15, 0.2) is 115 Å². The molecule has 0 spiro atoms. The number of carbonyl (C=O) groups is 1. The molecule has 2 aromatic heterocycles. The van der Waals surface area contributed by atoms with Gasteiger partial charge in [0.25, 0.3) is 0 Å². The minimum atomic E-state index is -0.621. The van der Waals surface area contributed by atoms with Crippen molar-refractivity contribution in [2.24, 2.45) is 0 Å². The van der Waals surface area contributed by atoms with E-state index in [9.17, 15) is 9.90 Å². The molecule has 0 amide bonds. The van der Waals surface area contributed by atoms with Crippen LogP contribution in [0.3, 0.4) is 0 Å². The molecule has 1 N–H and O–H groups in total. The van der Waals surface area contributed by atoms with Crippen LogP contribution in [-0.4, -0.2) is 33.8 Å². The first-order chi connectivity index (χ1) is 23.7. The Kier molecular flexibility index (Phi) is 9.33. The standard InChI is InChI=1S/C40H36N2O6/c43-21-10-19-42-20-17-32-23-33-31(24-34(32)42)18-22-45-38-36(33)41-39(47-26-29-13-6-2-7-14-29)35(37(38)46-25-28-11-4-1-5-12-28)40(44)48-27-30-15-8-3-9-16-30/h1-9,11-17,20,23-24,43H,10,18-19,21-22,25-27H2. The first-order valence-electron chi connectivity index (χ1n) is 16.2. The Labute approximate surface area is 279 Å². The Bertz CT molecular complexity index is 2010. The number of aliphatic hydroxyl groups is 1. The fraction of sp³-hybridized carbons (Fsp3) is 0.200. The molecule has 1 aliphatic rings. The molecule has 6 aromatic rings. The largest absolute Gasteiger partial charge is 0.487 e. The van der Waals surface area contributed by atoms with E-state index in [1.54, 1.807) is 0 Å². The zero-order valence-corrected chi connectivity index (χ0v) is 26.5. The van der Waals surface area contributed by atoms with Gasteiger partial charge in [0.2, 0.25) is 5.88 Å². The van der Waals surface area contributed by atoms with Crippen LogP contribution in [0.5, 0.6) is 17.4 Å². The second-order valence-electron chi connectivity index (χ2n) is 11.7. The van der Waals surface area contributed by atoms with Gasteiger partial charge in [0.05, 0.1) is 6.61 Å². The number of ether oxygens (including phenoxy) is 4. The zero-order valence-electron chi connectivity index (χ0n) is 26.5. The van der Waals surface area contributed by atoms with E-state index in [2.05, 4.69) is 22.8 Å². The Morgan fingerprint density at radius 1 is 0.812 bits per heavy atom. The lowest BCUT2D eigenvalue weighted by atomic mass is 9.98. The van der Waals surface area contributed by atoms with E-state index in [1.807, 2.05) is 97.2 Å². The second kappa shape index (κ2) is 14.4. The molecule has 48 heavy (non-hydrogen) atoms. The van der Waals surface area contributed by atoms with E-state index in [0.717, 1.165) is 38.7 Å². The van der Waals surface area contributed by atoms with Gasteiger partial charge in [-0.25, -0.2) is 9.78 Å². The molecular formula is C40H36N2O6. The summed E-state index contributed by atoms with van der Waals surface area (Å²) < 4.78 is 27.3. The van der Waals surface area contributed by atoms with Gasteiger partial charge in [-0.2, -0.15) is 0 Å². The van der Waals surface area contributed by atoms with E-state index in [-0.39, 0.29) is 43.6 Å². The van der Waals surface area contributed by atoms with Gasteiger partial charge >= 0.3 is 5.97 Å². The molecular weight excluding hydrogens is 604 g/mol. The van der Waals surface area contributed by atoms with E-state index in [0.29, 0.717) is 37.4 Å². The molecule has 7 rings (SSSR count). The number of hydrogen-bond donors (Lipinski definition) is 1. The molecule has 0 saturated heterocycles. The number of nitrogens with zero attached hydrogens (tertiary/aromatic N) is 2. The highest BCUT2D eigenvalue weighted by atomic mass is 16.5. The number of carbonyl (C=O) groups excluding carboxylic acids is 1. The molecule has 1 aliphatic heterocycles. The molecule has 8 nitrogen and oxygen atoms in total. The minimum Gasteiger partial charge on any atom is -0.487 e. The monoisotopic (exact) mass is 640 g/mol. The van der Waals surface area contributed by atoms with Crippen LogP contribution < -0.4 is 14.2 Å². The SMILES string of the molecule is O=C(OCc1ccccc1)c1c(OCc2ccccc2)nc2c(c1OCc1ccccc1)OCCc1cc3c(ccn3CCCO)cc1-2. The zero-order chi connectivity index (χ0) is 32.7. The quantitative estimate of drug-likeness (QED) is 0.138. The highest BCUT2D eigenvalue weighted by Crippen LogP contribution is 2.47. The molecule has 4 aromatic carbocycles. The van der Waals surface area contributed by atoms with Crippen LogP contribution in [-0.2, 0) is 37.5 Å². The number of esters is 1. The highest BCUT2D eigenvalue weighted by molar-refractivity contribution is 5.98. The van der Waals surface area contributed by atoms with Gasteiger partial charge in [0.1, 0.15) is 25.5 Å². The molecule has 8 heteroatoms. The van der Waals surface area contributed by atoms with Crippen LogP contribution in [0.4, 0.5) is 0 Å². The number of benzene rings is 4. The third kappa shape index (κ3) is 6.75. The Morgan fingerprint density at radius 2 is 1.46 bits per heavy atom. The summed E-state index contributed by atoms with van der Waals surface area (Å²) in [4.78, 5) is 19.1. The van der Waals surface area contributed by atoms with Crippen LogP contribution in [0.1, 0.15) is 39.0 Å². The fourth-order valence-corrected chi connectivity index (χ4v) is 5.92. The average Bonchev–Trinajstić information content (AvgIpc) is 3.44. The number of aryl methyl sites for hydroxylation is 1. The van der Waals surface area contributed by atoms with Crippen molar-refractivity contribution in [2.75, 3.05) is 13.2 Å². The number of fused-ring (bicyclic) bond motifs is 4. The maximum Gasteiger partial charge on any atom is 0.348 e. The molecule has 3 heterocycles. The summed E-state index contributed by atoms with van der Waals surface area (Å²) >= 11 is 0. The number of aliphatic hydroxyl groups excluding tert-OH is 1. The number of rotatable bonds is 12. The summed E-state index contributed by atoms with van der Waals surface area (Å²) in [6.07, 6.45) is 3.33. The molecule has 0 radical (unpaired) electrons. The normalized spacial score (nSPS) is 12.0. The van der Waals surface area contributed by atoms with Crippen molar-refractivity contribution in [3.05, 3.63) is 143 Å². The van der Waals surface area contributed by atoms with Crippen LogP contribution in [0.2, 0.25) is 0 Å². The first-order valence-corrected chi connectivity index (χ1v) is 16.2. The molecule has 0 atom stereocenters. The summed E-state index contributed by atoms with van der Waals surface area (Å²) in [6.45, 7) is 1.65. The predicted molar refractivity (Wildman–Crippen MR) is 183 cm³/mol. The van der Waals surface area contributed by atoms with Crippen LogP contribution >= 0.6 is 0 Å². The van der Waals surface area contributed by atoms with Gasteiger partial charge in [-0.15, -0.1) is 0 Å². The summed E-state index contributed by atoms with van der Waals surface area (Å²) in [5.41, 5.74) is 6.34. The van der Waals surface area contributed by atoms with Gasteiger partial charge < -0.3 is 28.6 Å². The first kappa shape index (κ1) is 31.0. The number of pyridine rings is 1. The summed E-state index contributed by atoms with van der Waals surface area (Å²) in [5.74, 6) is 0.0986. The summed E-state index contributed by atoms with van der Waals surface area (Å²) in [6, 6.07) is 35.4. The van der Waals surface area contributed by atoms with Gasteiger partial charge in [-0.3, -0.25) is 0 Å². The van der Waals surface area contributed by atoms with Crippen LogP contribution in [0.25, 0.3) is 22.2 Å². The van der Waals surface area contributed by atoms with Gasteiger partial charge in [0.15, 0.2) is 17.1 Å². The van der Waals surface area contributed by atoms with Crippen LogP contribution in [0, 0.1) is 0 Å². The highest BCUT2D eigenvalue weighted by Gasteiger charge is 2.32. The fourth-order valence-electron chi connectivity index (χ4n) is 5.92. The molecule has 0 unspecified atom stereocenters. The maximum absolute atomic E-state index is 14.1. The Morgan fingerprint density at radius 3 is 2.12 bits per heavy atom. The number of aromatic nitrogens is 2. The number of hydrogen-bond acceptors (Lipinski definition) is 7. The van der Waals surface area contributed by atoms with Gasteiger partial charge in [-0.1, -0.05) is 91.0 Å². The molecule has 0 saturated carbocycles. The summed E-state index contributed by atoms with van der Waals surface area (Å²) in [5, 5.41) is 10.5. The van der Waals surface area contributed by atoms with Crippen molar-refractivity contribution in [2.45, 2.75) is 39.2 Å². The van der Waals surface area contributed by atoms with E-state index in [4.69, 9.17) is 23.9 Å². The van der Waals surface area contributed by atoms with E-state index < -0.39 is 5.97 Å². The Hall–Kier alpha value is -5.60. The van der Waals surface area contributed by atoms with Crippen molar-refractivity contribution in [3.8, 4) is 28.6 Å². The molecule has 0 bridgehead atoms. The van der Waals surface area contributed by atoms with Crippen molar-refractivity contribution in [3.63, 3.8) is 0 Å². The lowest BCUT2D eigenvalue weighted by Gasteiger charge is -2.20. The van der Waals surface area contributed by atoms with Crippen molar-refractivity contribution < 1.29 is 28.8 Å². The van der Waals surface area contributed by atoms with Gasteiger partial charge in [-0.05, 0) is 46.9 Å². The topological polar surface area (TPSA) is 92.0 Å². The molecule has 242 valence electrons. The average molecular weight is 641 g/mol. The second-order valence-corrected chi connectivity index (χ2v) is 11.7. The van der Waals surface area contributed by atoms with Crippen molar-refractivity contribution in [1.29, 1.82) is 0 Å². The Balaban J connectivity index is 1.37. The lowest BCUT2D eigenvalue weighted by Crippen LogP contribution is -2.14. The molecule has 0 fully saturated rings. The summed E-state index contributed by atoms with van der Waals surface area (Å²) in [7, 11) is 0. The van der Waals surface area contributed by atoms with Crippen molar-refractivity contribution >= 4 is 16.9 Å². The third-order valence-corrected chi connectivity index (χ3v) is 8.36. The van der Waals surface area contributed by atoms with Gasteiger partial charge in [0, 0.05) is 42.2 Å². The van der Waals surface area contributed by atoms with Crippen molar-refractivity contribution in [1.82, 2.24) is 9.55 Å². The lowest BCUT2D eigenvalue weighted by molar-refractivity contribution is 0.0459. The maximum atomic E-state index is 14.1. The van der Waals surface area contributed by atoms with E-state index in [1.165, 1.54) is 0 Å². The third-order valence-electron chi connectivity index (χ3n) is 8.36. The minimum absolute atomic E-state index is 0.0714. The smallest absolute Gasteiger partial charge is 0.348 e.